The molecule has 2 aromatic heterocycles. The zero-order chi connectivity index (χ0) is 20.1. The second kappa shape index (κ2) is 9.67. The van der Waals surface area contributed by atoms with E-state index in [2.05, 4.69) is 31.9 Å². The van der Waals surface area contributed by atoms with E-state index in [4.69, 9.17) is 9.15 Å². The van der Waals surface area contributed by atoms with Gasteiger partial charge in [-0.1, -0.05) is 18.7 Å². The normalized spacial score (nSPS) is 20.3. The summed E-state index contributed by atoms with van der Waals surface area (Å²) in [4.78, 5) is 14.6. The molecule has 0 radical (unpaired) electrons. The van der Waals surface area contributed by atoms with Crippen LogP contribution in [0.3, 0.4) is 0 Å². The molecule has 2 aliphatic heterocycles. The van der Waals surface area contributed by atoms with Crippen LogP contribution in [0.2, 0.25) is 0 Å². The number of rotatable bonds is 8. The highest BCUT2D eigenvalue weighted by Gasteiger charge is 2.26. The summed E-state index contributed by atoms with van der Waals surface area (Å²) < 4.78 is 13.3. The van der Waals surface area contributed by atoms with Crippen molar-refractivity contribution in [2.75, 3.05) is 30.3 Å². The van der Waals surface area contributed by atoms with E-state index >= 15 is 0 Å². The topological polar surface area (TPSA) is 85.4 Å². The fourth-order valence-corrected chi connectivity index (χ4v) is 4.53. The Bertz CT molecular complexity index is 780. The van der Waals surface area contributed by atoms with Crippen LogP contribution in [0.1, 0.15) is 38.4 Å². The molecule has 0 spiro atoms. The number of carbonyl (C=O) groups is 1. The fraction of sp³-hybridized carbons (Fsp3) is 0.650. The maximum Gasteiger partial charge on any atom is 0.230 e. The van der Waals surface area contributed by atoms with E-state index in [1.165, 1.54) is 24.6 Å². The second-order valence-corrected chi connectivity index (χ2v) is 8.79. The smallest absolute Gasteiger partial charge is 0.230 e. The summed E-state index contributed by atoms with van der Waals surface area (Å²) in [5.74, 6) is 2.65. The van der Waals surface area contributed by atoms with E-state index in [1.54, 1.807) is 6.26 Å². The minimum absolute atomic E-state index is 0.0496. The van der Waals surface area contributed by atoms with Gasteiger partial charge in [-0.25, -0.2) is 0 Å². The SMILES string of the molecule is CC1CCN(c2nnc(SCC(=O)NCc3ccco3)n2CC2CCCO2)CC1. The first-order valence-corrected chi connectivity index (χ1v) is 11.4. The number of carbonyl (C=O) groups excluding carboxylic acids is 1. The van der Waals surface area contributed by atoms with Crippen LogP contribution < -0.4 is 10.2 Å². The van der Waals surface area contributed by atoms with E-state index in [1.807, 2.05) is 12.1 Å². The molecular weight excluding hydrogens is 390 g/mol. The van der Waals surface area contributed by atoms with Gasteiger partial charge in [0.1, 0.15) is 5.76 Å². The predicted octanol–water partition coefficient (Wildman–Crippen LogP) is 2.69. The van der Waals surface area contributed by atoms with Gasteiger partial charge in [0.05, 0.1) is 31.2 Å². The highest BCUT2D eigenvalue weighted by atomic mass is 32.2. The average Bonchev–Trinajstić information content (AvgIpc) is 3.49. The van der Waals surface area contributed by atoms with Crippen molar-refractivity contribution < 1.29 is 13.9 Å². The Morgan fingerprint density at radius 3 is 2.90 bits per heavy atom. The number of aromatic nitrogens is 3. The number of thioether (sulfide) groups is 1. The van der Waals surface area contributed by atoms with Crippen LogP contribution in [0.5, 0.6) is 0 Å². The van der Waals surface area contributed by atoms with Gasteiger partial charge in [-0.3, -0.25) is 9.36 Å². The van der Waals surface area contributed by atoms with E-state index in [0.717, 1.165) is 61.9 Å². The lowest BCUT2D eigenvalue weighted by atomic mass is 10.00. The van der Waals surface area contributed by atoms with Gasteiger partial charge in [-0.05, 0) is 43.7 Å². The molecule has 2 saturated heterocycles. The average molecular weight is 420 g/mol. The maximum absolute atomic E-state index is 12.2. The van der Waals surface area contributed by atoms with E-state index in [-0.39, 0.29) is 12.0 Å². The molecule has 1 unspecified atom stereocenters. The summed E-state index contributed by atoms with van der Waals surface area (Å²) in [6.45, 7) is 6.26. The summed E-state index contributed by atoms with van der Waals surface area (Å²) >= 11 is 1.43. The van der Waals surface area contributed by atoms with Crippen molar-refractivity contribution in [1.82, 2.24) is 20.1 Å². The number of anilines is 1. The monoisotopic (exact) mass is 419 g/mol. The van der Waals surface area contributed by atoms with Crippen molar-refractivity contribution in [2.24, 2.45) is 5.92 Å². The molecule has 1 N–H and O–H groups in total. The number of nitrogens with one attached hydrogen (secondary N) is 1. The van der Waals surface area contributed by atoms with Crippen LogP contribution in [-0.2, 0) is 22.6 Å². The van der Waals surface area contributed by atoms with Crippen LogP contribution in [0.25, 0.3) is 0 Å². The molecule has 158 valence electrons. The van der Waals surface area contributed by atoms with Crippen molar-refractivity contribution in [2.45, 2.75) is 57.0 Å². The minimum Gasteiger partial charge on any atom is -0.467 e. The standard InChI is InChI=1S/C20H29N5O3S/c1-15-6-8-24(9-7-15)19-22-23-20(25(19)13-17-5-3-11-28-17)29-14-18(26)21-12-16-4-2-10-27-16/h2,4,10,15,17H,3,5-9,11-14H2,1H3,(H,21,26). The summed E-state index contributed by atoms with van der Waals surface area (Å²) in [6, 6.07) is 3.66. The Kier molecular flexibility index (Phi) is 6.76. The van der Waals surface area contributed by atoms with Gasteiger partial charge in [0, 0.05) is 19.7 Å². The number of nitrogens with zero attached hydrogens (tertiary/aromatic N) is 4. The molecule has 0 aromatic carbocycles. The Labute approximate surface area is 175 Å². The zero-order valence-electron chi connectivity index (χ0n) is 16.9. The summed E-state index contributed by atoms with van der Waals surface area (Å²) in [6.07, 6.45) is 6.30. The molecular formula is C20H29N5O3S. The maximum atomic E-state index is 12.2. The molecule has 0 aliphatic carbocycles. The first-order valence-electron chi connectivity index (χ1n) is 10.4. The molecule has 4 rings (SSSR count). The van der Waals surface area contributed by atoms with Crippen LogP contribution in [-0.4, -0.2) is 52.2 Å². The number of piperidine rings is 1. The summed E-state index contributed by atoms with van der Waals surface area (Å²) in [5, 5.41) is 12.6. The Balaban J connectivity index is 1.40. The lowest BCUT2D eigenvalue weighted by molar-refractivity contribution is -0.118. The Hall–Kier alpha value is -2.00. The number of ether oxygens (including phenoxy) is 1. The van der Waals surface area contributed by atoms with Crippen molar-refractivity contribution >= 4 is 23.6 Å². The fourth-order valence-electron chi connectivity index (χ4n) is 3.76. The number of hydrogen-bond acceptors (Lipinski definition) is 7. The Morgan fingerprint density at radius 2 is 2.17 bits per heavy atom. The van der Waals surface area contributed by atoms with Crippen molar-refractivity contribution in [1.29, 1.82) is 0 Å². The molecule has 4 heterocycles. The zero-order valence-corrected chi connectivity index (χ0v) is 17.7. The molecule has 0 saturated carbocycles. The highest BCUT2D eigenvalue weighted by molar-refractivity contribution is 7.99. The molecule has 2 fully saturated rings. The molecule has 0 bridgehead atoms. The third-order valence-corrected chi connectivity index (χ3v) is 6.51. The number of hydrogen-bond donors (Lipinski definition) is 1. The first kappa shape index (κ1) is 20.3. The highest BCUT2D eigenvalue weighted by Crippen LogP contribution is 2.28. The summed E-state index contributed by atoms with van der Waals surface area (Å²) in [7, 11) is 0. The van der Waals surface area contributed by atoms with Gasteiger partial charge in [-0.2, -0.15) is 0 Å². The van der Waals surface area contributed by atoms with E-state index in [0.29, 0.717) is 12.3 Å². The molecule has 8 nitrogen and oxygen atoms in total. The van der Waals surface area contributed by atoms with Crippen molar-refractivity contribution in [3.63, 3.8) is 0 Å². The lowest BCUT2D eigenvalue weighted by Gasteiger charge is -2.31. The Morgan fingerprint density at radius 1 is 1.31 bits per heavy atom. The van der Waals surface area contributed by atoms with Gasteiger partial charge in [0.25, 0.3) is 0 Å². The first-order chi connectivity index (χ1) is 14.2. The van der Waals surface area contributed by atoms with Crippen molar-refractivity contribution in [3.05, 3.63) is 24.2 Å². The quantitative estimate of drug-likeness (QED) is 0.659. The molecule has 1 amide bonds. The third-order valence-electron chi connectivity index (χ3n) is 5.55. The molecule has 1 atom stereocenters. The van der Waals surface area contributed by atoms with E-state index < -0.39 is 0 Å². The largest absolute Gasteiger partial charge is 0.467 e. The van der Waals surface area contributed by atoms with Gasteiger partial charge >= 0.3 is 0 Å². The van der Waals surface area contributed by atoms with E-state index in [9.17, 15) is 4.79 Å². The predicted molar refractivity (Wildman–Crippen MR) is 111 cm³/mol. The van der Waals surface area contributed by atoms with Gasteiger partial charge in [0.15, 0.2) is 5.16 Å². The second-order valence-electron chi connectivity index (χ2n) is 7.84. The third kappa shape index (κ3) is 5.33. The minimum atomic E-state index is -0.0496. The van der Waals surface area contributed by atoms with Crippen molar-refractivity contribution in [3.8, 4) is 0 Å². The van der Waals surface area contributed by atoms with Gasteiger partial charge < -0.3 is 19.4 Å². The molecule has 2 aromatic rings. The van der Waals surface area contributed by atoms with Gasteiger partial charge in [0.2, 0.25) is 11.9 Å². The molecule has 9 heteroatoms. The number of furan rings is 1. The van der Waals surface area contributed by atoms with Crippen LogP contribution in [0, 0.1) is 5.92 Å². The van der Waals surface area contributed by atoms with Crippen LogP contribution in [0.4, 0.5) is 5.95 Å². The number of amides is 1. The van der Waals surface area contributed by atoms with Crippen LogP contribution in [0.15, 0.2) is 28.0 Å². The van der Waals surface area contributed by atoms with Gasteiger partial charge in [-0.15, -0.1) is 10.2 Å². The summed E-state index contributed by atoms with van der Waals surface area (Å²) in [5.41, 5.74) is 0. The molecule has 2 aliphatic rings. The molecule has 29 heavy (non-hydrogen) atoms. The van der Waals surface area contributed by atoms with Crippen LogP contribution >= 0.6 is 11.8 Å². The lowest BCUT2D eigenvalue weighted by Crippen LogP contribution is -2.35.